The van der Waals surface area contributed by atoms with Crippen LogP contribution in [0.3, 0.4) is 0 Å². The average molecular weight is 603 g/mol. The van der Waals surface area contributed by atoms with Gasteiger partial charge in [0.05, 0.1) is 0 Å². The van der Waals surface area contributed by atoms with Gasteiger partial charge in [-0.05, 0) is 138 Å². The van der Waals surface area contributed by atoms with E-state index in [9.17, 15) is 0 Å². The number of hydrogen-bond acceptors (Lipinski definition) is 0. The molecule has 7 atom stereocenters. The van der Waals surface area contributed by atoms with Crippen LogP contribution in [0, 0.1) is 63.2 Å². The van der Waals surface area contributed by atoms with E-state index in [4.69, 9.17) is 0 Å². The molecule has 7 rings (SSSR count). The van der Waals surface area contributed by atoms with Crippen LogP contribution >= 0.6 is 15.8 Å². The lowest BCUT2D eigenvalue weighted by atomic mass is 9.79. The number of rotatable bonds is 7. The van der Waals surface area contributed by atoms with E-state index in [1.807, 2.05) is 0 Å². The van der Waals surface area contributed by atoms with Crippen LogP contribution in [0.5, 0.6) is 0 Å². The molecular weight excluding hydrogens is 554 g/mol. The van der Waals surface area contributed by atoms with Crippen molar-refractivity contribution in [1.29, 1.82) is 0 Å². The molecule has 3 saturated carbocycles. The van der Waals surface area contributed by atoms with E-state index in [0.717, 1.165) is 41.2 Å². The minimum Gasteiger partial charge on any atom is -0.0622 e. The summed E-state index contributed by atoms with van der Waals surface area (Å²) in [7, 11) is -0.771. The van der Waals surface area contributed by atoms with Crippen molar-refractivity contribution in [1.82, 2.24) is 0 Å². The second-order valence-electron chi connectivity index (χ2n) is 14.3. The molecule has 4 aromatic carbocycles. The summed E-state index contributed by atoms with van der Waals surface area (Å²) < 4.78 is 0. The standard InChI is InChI=1S/C41H48P2/c1-27-16-28(2)19-36(18-27)42(37-20-29(3)17-30(4)21-37)26-40-31(5)33-22-32-23-39(38(40)25-33)41(24-32)43(34-12-8-6-9-13-34)35-14-10-7-11-15-35/h6-21,31-33,38-41H,22-26H2,1-5H3. The normalized spacial score (nSPS) is 28.0. The third-order valence-corrected chi connectivity index (χ3v) is 16.8. The number of benzene rings is 4. The Morgan fingerprint density at radius 2 is 1.07 bits per heavy atom. The van der Waals surface area contributed by atoms with E-state index in [2.05, 4.69) is 132 Å². The minimum atomic E-state index is -0.408. The molecule has 0 aromatic heterocycles. The number of fused-ring (bicyclic) bond motifs is 5. The van der Waals surface area contributed by atoms with Crippen LogP contribution in [0.1, 0.15) is 54.9 Å². The highest BCUT2D eigenvalue weighted by atomic mass is 31.1. The summed E-state index contributed by atoms with van der Waals surface area (Å²) in [6.07, 6.45) is 7.21. The molecule has 0 radical (unpaired) electrons. The maximum atomic E-state index is 2.66. The van der Waals surface area contributed by atoms with Crippen LogP contribution < -0.4 is 21.2 Å². The van der Waals surface area contributed by atoms with E-state index >= 15 is 0 Å². The van der Waals surface area contributed by atoms with Gasteiger partial charge < -0.3 is 0 Å². The maximum absolute atomic E-state index is 2.66. The van der Waals surface area contributed by atoms with Crippen molar-refractivity contribution in [2.24, 2.45) is 35.5 Å². The van der Waals surface area contributed by atoms with Gasteiger partial charge >= 0.3 is 0 Å². The second-order valence-corrected chi connectivity index (χ2v) is 19.0. The molecule has 0 nitrogen and oxygen atoms in total. The van der Waals surface area contributed by atoms with Crippen molar-refractivity contribution in [2.75, 3.05) is 6.16 Å². The first-order valence-electron chi connectivity index (χ1n) is 16.7. The quantitative estimate of drug-likeness (QED) is 0.185. The maximum Gasteiger partial charge on any atom is -0.00950 e. The summed E-state index contributed by atoms with van der Waals surface area (Å²) >= 11 is 0. The summed E-state index contributed by atoms with van der Waals surface area (Å²) in [5.41, 5.74) is 6.46. The van der Waals surface area contributed by atoms with Gasteiger partial charge in [0.2, 0.25) is 0 Å². The third kappa shape index (κ3) is 5.92. The van der Waals surface area contributed by atoms with Crippen LogP contribution in [-0.4, -0.2) is 11.8 Å². The Kier molecular flexibility index (Phi) is 8.40. The lowest BCUT2D eigenvalue weighted by molar-refractivity contribution is 0.235. The monoisotopic (exact) mass is 602 g/mol. The van der Waals surface area contributed by atoms with Gasteiger partial charge in [-0.15, -0.1) is 0 Å². The molecule has 3 aliphatic carbocycles. The van der Waals surface area contributed by atoms with Crippen LogP contribution in [0.2, 0.25) is 0 Å². The Hall–Kier alpha value is -2.26. The van der Waals surface area contributed by atoms with E-state index in [0.29, 0.717) is 0 Å². The van der Waals surface area contributed by atoms with Gasteiger partial charge in [-0.25, -0.2) is 0 Å². The highest BCUT2D eigenvalue weighted by Crippen LogP contribution is 2.64. The number of hydrogen-bond donors (Lipinski definition) is 0. The number of aryl methyl sites for hydroxylation is 4. The molecule has 7 unspecified atom stereocenters. The van der Waals surface area contributed by atoms with Crippen molar-refractivity contribution in [3.05, 3.63) is 119 Å². The summed E-state index contributed by atoms with van der Waals surface area (Å²) in [6.45, 7) is 11.8. The highest BCUT2D eigenvalue weighted by molar-refractivity contribution is 7.73. The largest absolute Gasteiger partial charge is 0.0622 e. The Morgan fingerprint density at radius 3 is 1.58 bits per heavy atom. The van der Waals surface area contributed by atoms with Crippen LogP contribution in [0.15, 0.2) is 97.1 Å². The van der Waals surface area contributed by atoms with Gasteiger partial charge in [-0.1, -0.05) is 126 Å². The molecule has 0 saturated heterocycles. The highest BCUT2D eigenvalue weighted by Gasteiger charge is 2.54. The first kappa shape index (κ1) is 29.5. The van der Waals surface area contributed by atoms with Gasteiger partial charge in [-0.2, -0.15) is 0 Å². The minimum absolute atomic E-state index is 0.363. The lowest BCUT2D eigenvalue weighted by Gasteiger charge is -2.38. The summed E-state index contributed by atoms with van der Waals surface area (Å²) in [6, 6.07) is 38.0. The van der Waals surface area contributed by atoms with Crippen LogP contribution in [0.4, 0.5) is 0 Å². The van der Waals surface area contributed by atoms with Crippen LogP contribution in [-0.2, 0) is 0 Å². The Bertz CT molecular complexity index is 1430. The topological polar surface area (TPSA) is 0 Å². The fourth-order valence-electron chi connectivity index (χ4n) is 9.61. The Labute approximate surface area is 263 Å². The molecule has 0 aliphatic heterocycles. The average Bonchev–Trinajstić information content (AvgIpc) is 3.45. The first-order chi connectivity index (χ1) is 20.8. The van der Waals surface area contributed by atoms with Crippen molar-refractivity contribution < 1.29 is 0 Å². The molecule has 43 heavy (non-hydrogen) atoms. The zero-order valence-electron chi connectivity index (χ0n) is 26.7. The molecular formula is C41H48P2. The molecule has 4 aromatic rings. The van der Waals surface area contributed by atoms with Crippen molar-refractivity contribution in [3.63, 3.8) is 0 Å². The first-order valence-corrected chi connectivity index (χ1v) is 19.6. The molecule has 0 N–H and O–H groups in total. The summed E-state index contributed by atoms with van der Waals surface area (Å²) in [5.74, 6) is 5.19. The van der Waals surface area contributed by atoms with E-state index in [-0.39, 0.29) is 7.92 Å². The molecule has 4 bridgehead atoms. The van der Waals surface area contributed by atoms with Crippen LogP contribution in [0.25, 0.3) is 0 Å². The molecule has 3 fully saturated rings. The lowest BCUT2D eigenvalue weighted by Crippen LogP contribution is -2.33. The molecule has 0 spiro atoms. The van der Waals surface area contributed by atoms with E-state index in [1.54, 1.807) is 21.2 Å². The fraction of sp³-hybridized carbons (Fsp3) is 0.415. The zero-order valence-corrected chi connectivity index (χ0v) is 28.5. The summed E-state index contributed by atoms with van der Waals surface area (Å²) in [4.78, 5) is 0. The third-order valence-electron chi connectivity index (χ3n) is 11.2. The molecule has 0 amide bonds. The van der Waals surface area contributed by atoms with Gasteiger partial charge in [-0.3, -0.25) is 0 Å². The van der Waals surface area contributed by atoms with Crippen molar-refractivity contribution in [2.45, 2.75) is 66.0 Å². The predicted octanol–water partition coefficient (Wildman–Crippen LogP) is 9.17. The van der Waals surface area contributed by atoms with Gasteiger partial charge in [0.25, 0.3) is 0 Å². The molecule has 3 aliphatic rings. The van der Waals surface area contributed by atoms with Gasteiger partial charge in [0.15, 0.2) is 0 Å². The Balaban J connectivity index is 1.27. The molecule has 0 heterocycles. The molecule has 2 heteroatoms. The molecule has 222 valence electrons. The second kappa shape index (κ2) is 12.3. The van der Waals surface area contributed by atoms with Gasteiger partial charge in [0, 0.05) is 0 Å². The SMILES string of the molecule is Cc1cc(C)cc(P(CC2C(C)C3CC4CC(C2C3)C(P(c2ccccc2)c2ccccc2)C4)c2cc(C)cc(C)c2)c1. The smallest absolute Gasteiger partial charge is 0.00950 e. The Morgan fingerprint density at radius 1 is 0.558 bits per heavy atom. The van der Waals surface area contributed by atoms with Crippen molar-refractivity contribution in [3.8, 4) is 0 Å². The van der Waals surface area contributed by atoms with Crippen molar-refractivity contribution >= 4 is 37.1 Å². The predicted molar refractivity (Wildman–Crippen MR) is 191 cm³/mol. The van der Waals surface area contributed by atoms with Gasteiger partial charge in [0.1, 0.15) is 0 Å². The zero-order chi connectivity index (χ0) is 29.7. The van der Waals surface area contributed by atoms with E-state index < -0.39 is 7.92 Å². The fourth-order valence-corrected chi connectivity index (χ4v) is 16.1. The summed E-state index contributed by atoms with van der Waals surface area (Å²) in [5, 5.41) is 6.37. The van der Waals surface area contributed by atoms with E-state index in [1.165, 1.54) is 54.1 Å².